The van der Waals surface area contributed by atoms with E-state index in [9.17, 15) is 0 Å². The summed E-state index contributed by atoms with van der Waals surface area (Å²) in [5, 5.41) is 8.03. The second kappa shape index (κ2) is 3.81. The van der Waals surface area contributed by atoms with Crippen molar-refractivity contribution >= 4 is 11.3 Å². The molecule has 2 rings (SSSR count). The minimum Gasteiger partial charge on any atom is -0.311 e. The van der Waals surface area contributed by atoms with Crippen molar-refractivity contribution in [3.63, 3.8) is 0 Å². The minimum absolute atomic E-state index is 0.468. The van der Waals surface area contributed by atoms with E-state index in [1.54, 1.807) is 11.3 Å². The van der Waals surface area contributed by atoms with Crippen molar-refractivity contribution in [3.8, 4) is 0 Å². The lowest BCUT2D eigenvalue weighted by Gasteiger charge is -2.39. The summed E-state index contributed by atoms with van der Waals surface area (Å²) >= 11 is 1.79. The first-order chi connectivity index (χ1) is 6.29. The third-order valence-corrected chi connectivity index (χ3v) is 3.73. The highest BCUT2D eigenvalue weighted by Gasteiger charge is 2.30. The SMILES string of the molecule is CC1(NCCc2ccsc2)CCC1. The second-order valence-corrected chi connectivity index (χ2v) is 5.00. The van der Waals surface area contributed by atoms with Gasteiger partial charge in [-0.05, 0) is 61.5 Å². The predicted octanol–water partition coefficient (Wildman–Crippen LogP) is 2.82. The van der Waals surface area contributed by atoms with Crippen molar-refractivity contribution in [3.05, 3.63) is 22.4 Å². The molecule has 1 nitrogen and oxygen atoms in total. The Bertz CT molecular complexity index is 249. The summed E-state index contributed by atoms with van der Waals surface area (Å²) in [6.45, 7) is 3.47. The van der Waals surface area contributed by atoms with Crippen molar-refractivity contribution in [1.29, 1.82) is 0 Å². The molecule has 1 aliphatic carbocycles. The second-order valence-electron chi connectivity index (χ2n) is 4.22. The van der Waals surface area contributed by atoms with Gasteiger partial charge in [-0.2, -0.15) is 11.3 Å². The van der Waals surface area contributed by atoms with Crippen LogP contribution in [0.4, 0.5) is 0 Å². The van der Waals surface area contributed by atoms with Gasteiger partial charge in [-0.1, -0.05) is 0 Å². The van der Waals surface area contributed by atoms with E-state index in [2.05, 4.69) is 29.1 Å². The van der Waals surface area contributed by atoms with Crippen LogP contribution in [-0.2, 0) is 6.42 Å². The molecule has 0 unspecified atom stereocenters. The molecule has 1 aromatic rings. The van der Waals surface area contributed by atoms with Crippen LogP contribution in [0.15, 0.2) is 16.8 Å². The lowest BCUT2D eigenvalue weighted by Crippen LogP contribution is -2.48. The molecule has 1 aromatic heterocycles. The summed E-state index contributed by atoms with van der Waals surface area (Å²) in [4.78, 5) is 0. The molecule has 1 fully saturated rings. The Balaban J connectivity index is 1.69. The van der Waals surface area contributed by atoms with Gasteiger partial charge < -0.3 is 5.32 Å². The summed E-state index contributed by atoms with van der Waals surface area (Å²) in [6, 6.07) is 2.22. The number of thiophene rings is 1. The lowest BCUT2D eigenvalue weighted by atomic mass is 9.78. The van der Waals surface area contributed by atoms with E-state index in [4.69, 9.17) is 0 Å². The molecule has 0 aromatic carbocycles. The molecule has 1 saturated carbocycles. The van der Waals surface area contributed by atoms with Crippen LogP contribution in [0.25, 0.3) is 0 Å². The average Bonchev–Trinajstić information content (AvgIpc) is 2.54. The monoisotopic (exact) mass is 195 g/mol. The zero-order valence-corrected chi connectivity index (χ0v) is 8.99. The van der Waals surface area contributed by atoms with Gasteiger partial charge in [0.15, 0.2) is 0 Å². The molecule has 0 bridgehead atoms. The molecule has 0 saturated heterocycles. The van der Waals surface area contributed by atoms with Crippen LogP contribution in [0, 0.1) is 0 Å². The van der Waals surface area contributed by atoms with Gasteiger partial charge in [0.25, 0.3) is 0 Å². The molecule has 0 radical (unpaired) electrons. The molecule has 0 amide bonds. The minimum atomic E-state index is 0.468. The Morgan fingerprint density at radius 1 is 1.54 bits per heavy atom. The van der Waals surface area contributed by atoms with Crippen LogP contribution < -0.4 is 5.32 Å². The maximum Gasteiger partial charge on any atom is 0.0153 e. The van der Waals surface area contributed by atoms with Crippen LogP contribution in [0.2, 0.25) is 0 Å². The molecule has 0 atom stereocenters. The van der Waals surface area contributed by atoms with E-state index in [1.165, 1.54) is 31.2 Å². The Labute approximate surface area is 84.2 Å². The predicted molar refractivity (Wildman–Crippen MR) is 58.3 cm³/mol. The summed E-state index contributed by atoms with van der Waals surface area (Å²) in [7, 11) is 0. The van der Waals surface area contributed by atoms with Gasteiger partial charge in [0.1, 0.15) is 0 Å². The van der Waals surface area contributed by atoms with E-state index < -0.39 is 0 Å². The van der Waals surface area contributed by atoms with Gasteiger partial charge in [-0.15, -0.1) is 0 Å². The maximum atomic E-state index is 3.64. The first-order valence-corrected chi connectivity index (χ1v) is 5.99. The van der Waals surface area contributed by atoms with Crippen LogP contribution in [-0.4, -0.2) is 12.1 Å². The first kappa shape index (κ1) is 9.22. The number of hydrogen-bond acceptors (Lipinski definition) is 2. The molecule has 2 heteroatoms. The van der Waals surface area contributed by atoms with Crippen molar-refractivity contribution in [1.82, 2.24) is 5.32 Å². The maximum absolute atomic E-state index is 3.64. The molecule has 0 aliphatic heterocycles. The molecule has 1 N–H and O–H groups in total. The number of rotatable bonds is 4. The van der Waals surface area contributed by atoms with E-state index in [0.29, 0.717) is 5.54 Å². The molecule has 72 valence electrons. The van der Waals surface area contributed by atoms with Crippen molar-refractivity contribution in [2.24, 2.45) is 0 Å². The van der Waals surface area contributed by atoms with Crippen molar-refractivity contribution in [2.75, 3.05) is 6.54 Å². The summed E-state index contributed by atoms with van der Waals surface area (Å²) < 4.78 is 0. The van der Waals surface area contributed by atoms with E-state index in [1.807, 2.05) is 0 Å². The van der Waals surface area contributed by atoms with E-state index in [0.717, 1.165) is 6.54 Å². The number of nitrogens with one attached hydrogen (secondary N) is 1. The summed E-state index contributed by atoms with van der Waals surface area (Å²) in [5.41, 5.74) is 1.94. The van der Waals surface area contributed by atoms with E-state index >= 15 is 0 Å². The summed E-state index contributed by atoms with van der Waals surface area (Å²) in [6.07, 6.45) is 5.30. The Morgan fingerprint density at radius 2 is 2.38 bits per heavy atom. The fraction of sp³-hybridized carbons (Fsp3) is 0.636. The molecule has 13 heavy (non-hydrogen) atoms. The van der Waals surface area contributed by atoms with Crippen LogP contribution in [0.3, 0.4) is 0 Å². The molecular formula is C11H17NS. The fourth-order valence-corrected chi connectivity index (χ4v) is 2.53. The lowest BCUT2D eigenvalue weighted by molar-refractivity contribution is 0.210. The molecule has 1 heterocycles. The average molecular weight is 195 g/mol. The molecule has 1 aliphatic rings. The van der Waals surface area contributed by atoms with Crippen LogP contribution >= 0.6 is 11.3 Å². The topological polar surface area (TPSA) is 12.0 Å². The highest BCUT2D eigenvalue weighted by Crippen LogP contribution is 2.30. The van der Waals surface area contributed by atoms with Crippen LogP contribution in [0.5, 0.6) is 0 Å². The Morgan fingerprint density at radius 3 is 2.92 bits per heavy atom. The largest absolute Gasteiger partial charge is 0.311 e. The van der Waals surface area contributed by atoms with Gasteiger partial charge in [0.05, 0.1) is 0 Å². The zero-order chi connectivity index (χ0) is 9.15. The van der Waals surface area contributed by atoms with Crippen molar-refractivity contribution < 1.29 is 0 Å². The quantitative estimate of drug-likeness (QED) is 0.779. The fourth-order valence-electron chi connectivity index (χ4n) is 1.83. The van der Waals surface area contributed by atoms with Gasteiger partial charge in [-0.3, -0.25) is 0 Å². The highest BCUT2D eigenvalue weighted by molar-refractivity contribution is 7.07. The highest BCUT2D eigenvalue weighted by atomic mass is 32.1. The number of hydrogen-bond donors (Lipinski definition) is 1. The smallest absolute Gasteiger partial charge is 0.0153 e. The van der Waals surface area contributed by atoms with Gasteiger partial charge in [0, 0.05) is 5.54 Å². The molecule has 0 spiro atoms. The van der Waals surface area contributed by atoms with E-state index in [-0.39, 0.29) is 0 Å². The Hall–Kier alpha value is -0.340. The third-order valence-electron chi connectivity index (χ3n) is 3.00. The van der Waals surface area contributed by atoms with Crippen molar-refractivity contribution in [2.45, 2.75) is 38.1 Å². The van der Waals surface area contributed by atoms with Crippen LogP contribution in [0.1, 0.15) is 31.7 Å². The standard InChI is InChI=1S/C11H17NS/c1-11(5-2-6-11)12-7-3-10-4-8-13-9-10/h4,8-9,12H,2-3,5-7H2,1H3. The third kappa shape index (κ3) is 2.32. The summed E-state index contributed by atoms with van der Waals surface area (Å²) in [5.74, 6) is 0. The van der Waals surface area contributed by atoms with Gasteiger partial charge >= 0.3 is 0 Å². The zero-order valence-electron chi connectivity index (χ0n) is 8.18. The van der Waals surface area contributed by atoms with Gasteiger partial charge in [-0.25, -0.2) is 0 Å². The molecular weight excluding hydrogens is 178 g/mol. The first-order valence-electron chi connectivity index (χ1n) is 5.05. The van der Waals surface area contributed by atoms with Gasteiger partial charge in [0.2, 0.25) is 0 Å². The normalized spacial score (nSPS) is 19.8. The Kier molecular flexibility index (Phi) is 2.70.